The summed E-state index contributed by atoms with van der Waals surface area (Å²) in [6.07, 6.45) is -10.3. The van der Waals surface area contributed by atoms with E-state index in [-0.39, 0.29) is 89.0 Å². The first-order valence-corrected chi connectivity index (χ1v) is 26.5. The number of carbonyl (C=O) groups is 6. The smallest absolute Gasteiger partial charge is 0.202 e. The number of phenols is 4. The Labute approximate surface area is 460 Å². The van der Waals surface area contributed by atoms with Gasteiger partial charge in [-0.2, -0.15) is 0 Å². The molecule has 0 spiro atoms. The highest BCUT2D eigenvalue weighted by atomic mass is 16.7. The lowest BCUT2D eigenvalue weighted by atomic mass is 9.72. The highest BCUT2D eigenvalue weighted by Gasteiger charge is 2.55. The lowest BCUT2D eigenvalue weighted by Gasteiger charge is -2.46. The summed E-state index contributed by atoms with van der Waals surface area (Å²) in [5, 5.41) is 91.9. The first-order valence-electron chi connectivity index (χ1n) is 26.5. The molecule has 4 aliphatic carbocycles. The number of hydrogen-bond acceptors (Lipinski definition) is 24. The molecule has 428 valence electrons. The summed E-state index contributed by atoms with van der Waals surface area (Å²) in [5.41, 5.74) is -8.18. The molecule has 0 saturated carbocycles. The van der Waals surface area contributed by atoms with Gasteiger partial charge in [-0.05, 0) is 26.0 Å². The zero-order valence-electron chi connectivity index (χ0n) is 44.2. The Kier molecular flexibility index (Phi) is 13.5. The summed E-state index contributed by atoms with van der Waals surface area (Å²) in [4.78, 5) is 87.2. The standard InChI is InChI=1S/C57H58N2O22/c1-22-54-28(11-36(78-22)80-32-15-56(72,34(62)17-60)13-26-40(32)52(70)44-42(48(26)66)46(64)24-7-5-9-30(74-3)38(24)50(44)68)58-19-59(20-76-54)29-12-37(79-23(2)55(29)77-21-58)81-33-16-57(73,35(63)18-61)14-27-41(33)53(71)45-43(49(27)67)47(65)25-8-6-10-31(75-4)39(25)51(45)69/h5-10,22-23,28-29,32-33,36-37,54-55,60-61,66-67,70-73H,11-21H2,1-4H3/t22-,23+,28?,29?,32-,33-,36-,37-,54?,55+,56-,57-/m0/s1. The first-order chi connectivity index (χ1) is 38.7. The Balaban J connectivity index is 0.823. The Morgan fingerprint density at radius 3 is 1.33 bits per heavy atom. The number of aromatic hydroxyl groups is 4. The maximum atomic E-state index is 14.3. The van der Waals surface area contributed by atoms with E-state index in [0.717, 1.165) is 0 Å². The van der Waals surface area contributed by atoms with E-state index in [9.17, 15) is 69.6 Å². The number of hydrogen-bond donors (Lipinski definition) is 8. The largest absolute Gasteiger partial charge is 0.507 e. The Morgan fingerprint density at radius 1 is 0.580 bits per heavy atom. The van der Waals surface area contributed by atoms with Crippen molar-refractivity contribution in [3.8, 4) is 34.5 Å². The molecule has 2 bridgehead atoms. The molecule has 0 radical (unpaired) electrons. The van der Waals surface area contributed by atoms with E-state index in [2.05, 4.69) is 0 Å². The van der Waals surface area contributed by atoms with E-state index in [1.807, 2.05) is 9.80 Å². The molecule has 4 saturated heterocycles. The molecule has 4 fully saturated rings. The van der Waals surface area contributed by atoms with Gasteiger partial charge in [0.05, 0.1) is 78.7 Å². The minimum absolute atomic E-state index is 0.0188. The number of carbonyl (C=O) groups excluding carboxylic acids is 6. The number of aliphatic hydroxyl groups is 4. The number of Topliss-reactive ketones (excluding diaryl/α,β-unsaturated/α-hetero) is 2. The van der Waals surface area contributed by atoms with Gasteiger partial charge in [0.2, 0.25) is 11.6 Å². The molecule has 8 aliphatic rings. The molecule has 14 atom stereocenters. The van der Waals surface area contributed by atoms with Crippen molar-refractivity contribution < 1.29 is 108 Å². The minimum atomic E-state index is -2.38. The minimum Gasteiger partial charge on any atom is -0.507 e. The second kappa shape index (κ2) is 20.0. The molecule has 4 aliphatic heterocycles. The first kappa shape index (κ1) is 54.8. The van der Waals surface area contributed by atoms with Crippen molar-refractivity contribution in [2.45, 2.75) is 125 Å². The van der Waals surface area contributed by atoms with Crippen LogP contribution in [0.4, 0.5) is 0 Å². The summed E-state index contributed by atoms with van der Waals surface area (Å²) in [5.74, 6) is -8.20. The van der Waals surface area contributed by atoms with Crippen molar-refractivity contribution in [3.63, 3.8) is 0 Å². The van der Waals surface area contributed by atoms with Crippen molar-refractivity contribution >= 4 is 34.7 Å². The van der Waals surface area contributed by atoms with Gasteiger partial charge in [-0.1, -0.05) is 24.3 Å². The van der Waals surface area contributed by atoms with Gasteiger partial charge in [0.1, 0.15) is 84.6 Å². The third-order valence-electron chi connectivity index (χ3n) is 17.6. The van der Waals surface area contributed by atoms with E-state index in [0.29, 0.717) is 0 Å². The predicted octanol–water partition coefficient (Wildman–Crippen LogP) is 1.65. The summed E-state index contributed by atoms with van der Waals surface area (Å²) in [7, 11) is 2.62. The lowest BCUT2D eigenvalue weighted by Crippen LogP contribution is -2.57. The van der Waals surface area contributed by atoms with Crippen molar-refractivity contribution in [3.05, 3.63) is 103 Å². The molecule has 0 aromatic heterocycles. The zero-order valence-corrected chi connectivity index (χ0v) is 44.2. The van der Waals surface area contributed by atoms with Gasteiger partial charge in [-0.25, -0.2) is 0 Å². The SMILES string of the molecule is COc1cccc2c1C(=O)c1c(O)c3c(c(O)c1C2=O)C[C@@](O)(C(=O)CO)C[C@@H]3O[C@H]1CC2C(OCN3CN2CO[C@H]2C3C[C@H](O[C@H]3C[C@](O)(C(=O)CO)Cc4c(O)c5c(c(O)c43)C(=O)c3c(OC)cccc3C5=O)O[C@@H]2C)[C@H](C)O1. The maximum Gasteiger partial charge on any atom is 0.202 e. The number of fused-ring (bicyclic) bond motifs is 12. The van der Waals surface area contributed by atoms with Crippen molar-refractivity contribution in [2.24, 2.45) is 0 Å². The van der Waals surface area contributed by atoms with Crippen LogP contribution < -0.4 is 9.47 Å². The molecule has 5 unspecified atom stereocenters. The predicted molar refractivity (Wildman–Crippen MR) is 271 cm³/mol. The van der Waals surface area contributed by atoms with Gasteiger partial charge in [0.15, 0.2) is 35.7 Å². The Morgan fingerprint density at radius 2 is 0.963 bits per heavy atom. The maximum absolute atomic E-state index is 14.3. The monoisotopic (exact) mass is 1120 g/mol. The molecule has 4 heterocycles. The number of phenolic OH excluding ortho intramolecular Hbond substituents is 4. The lowest BCUT2D eigenvalue weighted by molar-refractivity contribution is -0.280. The molecule has 8 N–H and O–H groups in total. The van der Waals surface area contributed by atoms with Crippen molar-refractivity contribution in [2.75, 3.05) is 47.6 Å². The van der Waals surface area contributed by atoms with Gasteiger partial charge in [-0.3, -0.25) is 38.6 Å². The number of benzene rings is 4. The van der Waals surface area contributed by atoms with E-state index in [4.69, 9.17) is 37.9 Å². The molecule has 81 heavy (non-hydrogen) atoms. The topological polar surface area (TPSA) is 345 Å². The number of nitrogens with zero attached hydrogens (tertiary/aromatic N) is 2. The van der Waals surface area contributed by atoms with Crippen LogP contribution in [0.2, 0.25) is 0 Å². The zero-order chi connectivity index (χ0) is 57.5. The molecule has 0 amide bonds. The van der Waals surface area contributed by atoms with Crippen LogP contribution in [0.25, 0.3) is 0 Å². The second-order valence-corrected chi connectivity index (χ2v) is 22.0. The molecule has 12 rings (SSSR count). The van der Waals surface area contributed by atoms with E-state index >= 15 is 0 Å². The highest BCUT2D eigenvalue weighted by Crippen LogP contribution is 2.55. The fraction of sp³-hybridized carbons (Fsp3) is 0.474. The fourth-order valence-corrected chi connectivity index (χ4v) is 13.6. The average Bonchev–Trinajstić information content (AvgIpc) is 2.41. The molecule has 24 nitrogen and oxygen atoms in total. The van der Waals surface area contributed by atoms with Crippen molar-refractivity contribution in [1.82, 2.24) is 9.80 Å². The van der Waals surface area contributed by atoms with Gasteiger partial charge >= 0.3 is 0 Å². The molecular formula is C57H58N2O22. The van der Waals surface area contributed by atoms with Gasteiger partial charge in [0, 0.05) is 84.0 Å². The van der Waals surface area contributed by atoms with Crippen LogP contribution in [0.15, 0.2) is 36.4 Å². The summed E-state index contributed by atoms with van der Waals surface area (Å²) in [6.45, 7) is 1.56. The molecular weight excluding hydrogens is 1060 g/mol. The van der Waals surface area contributed by atoms with Crippen LogP contribution in [0, 0.1) is 0 Å². The van der Waals surface area contributed by atoms with Crippen molar-refractivity contribution in [1.29, 1.82) is 0 Å². The van der Waals surface area contributed by atoms with Gasteiger partial charge < -0.3 is 78.7 Å². The normalized spacial score (nSPS) is 32.7. The number of ether oxygens (including phenoxy) is 8. The van der Waals surface area contributed by atoms with Crippen LogP contribution in [0.5, 0.6) is 34.5 Å². The molecule has 24 heteroatoms. The number of rotatable bonds is 10. The van der Waals surface area contributed by atoms with Crippen LogP contribution >= 0.6 is 0 Å². The van der Waals surface area contributed by atoms with Gasteiger partial charge in [0.25, 0.3) is 0 Å². The summed E-state index contributed by atoms with van der Waals surface area (Å²) < 4.78 is 50.2. The van der Waals surface area contributed by atoms with E-state index in [1.165, 1.54) is 50.6 Å². The molecule has 4 aromatic rings. The number of aliphatic hydroxyl groups excluding tert-OH is 2. The third kappa shape index (κ3) is 8.32. The van der Waals surface area contributed by atoms with Crippen LogP contribution in [-0.2, 0) is 50.9 Å². The number of methoxy groups -OCH3 is 2. The van der Waals surface area contributed by atoms with Crippen LogP contribution in [-0.4, -0.2) is 193 Å². The van der Waals surface area contributed by atoms with Crippen LogP contribution in [0.1, 0.15) is 138 Å². The Bertz CT molecular complexity index is 3180. The third-order valence-corrected chi connectivity index (χ3v) is 17.6. The average molecular weight is 1120 g/mol. The quantitative estimate of drug-likeness (QED) is 0.0904. The second-order valence-electron chi connectivity index (χ2n) is 22.0. The summed E-state index contributed by atoms with van der Waals surface area (Å²) in [6, 6.07) is 7.60. The fourth-order valence-electron chi connectivity index (χ4n) is 13.6. The number of ketones is 6. The molecule has 4 aromatic carbocycles. The van der Waals surface area contributed by atoms with Gasteiger partial charge in [-0.15, -0.1) is 0 Å². The van der Waals surface area contributed by atoms with E-state index < -0.39 is 191 Å². The van der Waals surface area contributed by atoms with E-state index in [1.54, 1.807) is 13.8 Å². The summed E-state index contributed by atoms with van der Waals surface area (Å²) >= 11 is 0. The highest BCUT2D eigenvalue weighted by molar-refractivity contribution is 6.32. The van der Waals surface area contributed by atoms with Crippen LogP contribution in [0.3, 0.4) is 0 Å². The Hall–Kier alpha value is -6.78.